The van der Waals surface area contributed by atoms with Crippen LogP contribution in [0.2, 0.25) is 0 Å². The quantitative estimate of drug-likeness (QED) is 0.845. The summed E-state index contributed by atoms with van der Waals surface area (Å²) in [5, 5.41) is 2.61. The molecule has 108 valence electrons. The molecule has 2 rings (SSSR count). The Bertz CT molecular complexity index is 656. The minimum atomic E-state index is -0.303. The Morgan fingerprint density at radius 2 is 1.81 bits per heavy atom. The molecule has 0 unspecified atom stereocenters. The highest BCUT2D eigenvalue weighted by Crippen LogP contribution is 2.25. The molecule has 0 aliphatic carbocycles. The summed E-state index contributed by atoms with van der Waals surface area (Å²) in [6.45, 7) is -0.0352. The number of carbonyl (C=O) groups excluding carboxylic acids is 2. The Hall–Kier alpha value is -2.14. The van der Waals surface area contributed by atoms with Crippen LogP contribution in [0.15, 0.2) is 53.0 Å². The molecule has 1 amide bonds. The Labute approximate surface area is 131 Å². The molecule has 21 heavy (non-hydrogen) atoms. The van der Waals surface area contributed by atoms with Crippen molar-refractivity contribution < 1.29 is 14.3 Å². The third-order valence-corrected chi connectivity index (χ3v) is 3.54. The summed E-state index contributed by atoms with van der Waals surface area (Å²) in [5.41, 5.74) is 1.04. The molecule has 0 aromatic heterocycles. The van der Waals surface area contributed by atoms with E-state index >= 15 is 0 Å². The molecular formula is C16H14BrNO3. The van der Waals surface area contributed by atoms with E-state index in [1.807, 2.05) is 6.07 Å². The van der Waals surface area contributed by atoms with Crippen molar-refractivity contribution >= 4 is 27.6 Å². The lowest BCUT2D eigenvalue weighted by atomic mass is 10.1. The summed E-state index contributed by atoms with van der Waals surface area (Å²) >= 11 is 3.32. The summed E-state index contributed by atoms with van der Waals surface area (Å²) in [7, 11) is 1.55. The normalized spacial score (nSPS) is 10.0. The number of hydrogen-bond donors (Lipinski definition) is 1. The van der Waals surface area contributed by atoms with Gasteiger partial charge in [-0.05, 0) is 34.1 Å². The van der Waals surface area contributed by atoms with Crippen molar-refractivity contribution in [2.45, 2.75) is 0 Å². The molecule has 2 aromatic carbocycles. The van der Waals surface area contributed by atoms with E-state index < -0.39 is 0 Å². The maximum Gasteiger partial charge on any atom is 0.251 e. The van der Waals surface area contributed by atoms with Crippen molar-refractivity contribution in [3.8, 4) is 5.75 Å². The molecule has 0 saturated heterocycles. The summed E-state index contributed by atoms with van der Waals surface area (Å²) in [6, 6.07) is 13.8. The smallest absolute Gasteiger partial charge is 0.251 e. The van der Waals surface area contributed by atoms with Crippen molar-refractivity contribution in [2.75, 3.05) is 13.7 Å². The van der Waals surface area contributed by atoms with Crippen LogP contribution in [0.5, 0.6) is 5.75 Å². The fourth-order valence-electron chi connectivity index (χ4n) is 1.80. The van der Waals surface area contributed by atoms with Gasteiger partial charge < -0.3 is 10.1 Å². The van der Waals surface area contributed by atoms with Gasteiger partial charge in [-0.1, -0.05) is 30.3 Å². The largest absolute Gasteiger partial charge is 0.496 e. The third-order valence-electron chi connectivity index (χ3n) is 2.92. The number of methoxy groups -OCH3 is 1. The number of amides is 1. The number of hydrogen-bond acceptors (Lipinski definition) is 3. The van der Waals surface area contributed by atoms with E-state index in [2.05, 4.69) is 21.2 Å². The molecule has 0 saturated carbocycles. The highest BCUT2D eigenvalue weighted by molar-refractivity contribution is 9.10. The first-order chi connectivity index (χ1) is 10.1. The van der Waals surface area contributed by atoms with Crippen LogP contribution in [0, 0.1) is 0 Å². The Kier molecular flexibility index (Phi) is 5.11. The van der Waals surface area contributed by atoms with Crippen molar-refractivity contribution in [3.05, 3.63) is 64.1 Å². The molecular weight excluding hydrogens is 334 g/mol. The molecule has 0 bridgehead atoms. The van der Waals surface area contributed by atoms with Crippen LogP contribution in [-0.4, -0.2) is 25.3 Å². The summed E-state index contributed by atoms with van der Waals surface area (Å²) in [5.74, 6) is 0.214. The number of Topliss-reactive ketones (excluding diaryl/α,β-unsaturated/α-hetero) is 1. The van der Waals surface area contributed by atoms with E-state index in [1.54, 1.807) is 49.6 Å². The average Bonchev–Trinajstić information content (AvgIpc) is 2.53. The van der Waals surface area contributed by atoms with Crippen molar-refractivity contribution in [1.29, 1.82) is 0 Å². The van der Waals surface area contributed by atoms with Crippen molar-refractivity contribution in [1.82, 2.24) is 5.32 Å². The van der Waals surface area contributed by atoms with Crippen LogP contribution in [-0.2, 0) is 0 Å². The minimum Gasteiger partial charge on any atom is -0.496 e. The molecule has 0 spiro atoms. The number of carbonyl (C=O) groups is 2. The number of nitrogens with one attached hydrogen (secondary N) is 1. The third kappa shape index (κ3) is 3.92. The van der Waals surface area contributed by atoms with Gasteiger partial charge in [-0.25, -0.2) is 0 Å². The first-order valence-electron chi connectivity index (χ1n) is 6.32. The van der Waals surface area contributed by atoms with Gasteiger partial charge >= 0.3 is 0 Å². The number of ether oxygens (including phenoxy) is 1. The van der Waals surface area contributed by atoms with Gasteiger partial charge in [-0.3, -0.25) is 9.59 Å². The Morgan fingerprint density at radius 3 is 2.43 bits per heavy atom. The van der Waals surface area contributed by atoms with E-state index in [4.69, 9.17) is 4.74 Å². The van der Waals surface area contributed by atoms with E-state index in [1.165, 1.54) is 0 Å². The van der Waals surface area contributed by atoms with Gasteiger partial charge in [-0.15, -0.1) is 0 Å². The number of rotatable bonds is 5. The first-order valence-corrected chi connectivity index (χ1v) is 7.11. The number of halogens is 1. The second kappa shape index (κ2) is 7.04. The molecule has 0 aliphatic rings. The highest BCUT2D eigenvalue weighted by atomic mass is 79.9. The lowest BCUT2D eigenvalue weighted by molar-refractivity contribution is 0.0904. The zero-order chi connectivity index (χ0) is 15.2. The molecule has 0 atom stereocenters. The van der Waals surface area contributed by atoms with Crippen LogP contribution in [0.25, 0.3) is 0 Å². The van der Waals surface area contributed by atoms with E-state index in [0.717, 1.165) is 0 Å². The lowest BCUT2D eigenvalue weighted by Gasteiger charge is -2.07. The van der Waals surface area contributed by atoms with Gasteiger partial charge in [0.05, 0.1) is 18.1 Å². The molecule has 0 fully saturated rings. The van der Waals surface area contributed by atoms with E-state index in [-0.39, 0.29) is 18.2 Å². The average molecular weight is 348 g/mol. The molecule has 2 aromatic rings. The maximum absolute atomic E-state index is 12.0. The van der Waals surface area contributed by atoms with Crippen molar-refractivity contribution in [2.24, 2.45) is 0 Å². The molecule has 0 aliphatic heterocycles. The molecule has 5 heteroatoms. The summed E-state index contributed by atoms with van der Waals surface area (Å²) < 4.78 is 5.79. The Morgan fingerprint density at radius 1 is 1.10 bits per heavy atom. The lowest BCUT2D eigenvalue weighted by Crippen LogP contribution is -2.29. The standard InChI is InChI=1S/C16H14BrNO3/c1-21-15-8-7-12(9-13(15)17)16(20)18-10-14(19)11-5-3-2-4-6-11/h2-9H,10H2,1H3,(H,18,20). The molecule has 0 radical (unpaired) electrons. The van der Waals surface area contributed by atoms with E-state index in [0.29, 0.717) is 21.3 Å². The van der Waals surface area contributed by atoms with Crippen LogP contribution < -0.4 is 10.1 Å². The van der Waals surface area contributed by atoms with Gasteiger partial charge in [0, 0.05) is 11.1 Å². The highest BCUT2D eigenvalue weighted by Gasteiger charge is 2.11. The zero-order valence-corrected chi connectivity index (χ0v) is 13.0. The van der Waals surface area contributed by atoms with Crippen LogP contribution in [0.4, 0.5) is 0 Å². The zero-order valence-electron chi connectivity index (χ0n) is 11.4. The monoisotopic (exact) mass is 347 g/mol. The molecule has 1 N–H and O–H groups in total. The van der Waals surface area contributed by atoms with E-state index in [9.17, 15) is 9.59 Å². The van der Waals surface area contributed by atoms with Crippen LogP contribution >= 0.6 is 15.9 Å². The Balaban J connectivity index is 1.99. The predicted octanol–water partition coefficient (Wildman–Crippen LogP) is 3.07. The SMILES string of the molecule is COc1ccc(C(=O)NCC(=O)c2ccccc2)cc1Br. The molecule has 0 heterocycles. The van der Waals surface area contributed by atoms with Gasteiger partial charge in [0.2, 0.25) is 0 Å². The summed E-state index contributed by atoms with van der Waals surface area (Å²) in [4.78, 5) is 23.9. The van der Waals surface area contributed by atoms with Crippen LogP contribution in [0.3, 0.4) is 0 Å². The predicted molar refractivity (Wildman–Crippen MR) is 83.8 cm³/mol. The van der Waals surface area contributed by atoms with Gasteiger partial charge in [-0.2, -0.15) is 0 Å². The first kappa shape index (κ1) is 15.3. The maximum atomic E-state index is 12.0. The number of benzene rings is 2. The molecule has 4 nitrogen and oxygen atoms in total. The fourth-order valence-corrected chi connectivity index (χ4v) is 2.34. The second-order valence-electron chi connectivity index (χ2n) is 4.32. The topological polar surface area (TPSA) is 55.4 Å². The summed E-state index contributed by atoms with van der Waals surface area (Å²) in [6.07, 6.45) is 0. The van der Waals surface area contributed by atoms with Gasteiger partial charge in [0.1, 0.15) is 5.75 Å². The second-order valence-corrected chi connectivity index (χ2v) is 5.18. The van der Waals surface area contributed by atoms with Crippen LogP contribution in [0.1, 0.15) is 20.7 Å². The fraction of sp³-hybridized carbons (Fsp3) is 0.125. The van der Waals surface area contributed by atoms with Crippen molar-refractivity contribution in [3.63, 3.8) is 0 Å². The van der Waals surface area contributed by atoms with Gasteiger partial charge in [0.15, 0.2) is 5.78 Å². The van der Waals surface area contributed by atoms with Gasteiger partial charge in [0.25, 0.3) is 5.91 Å². The minimum absolute atomic E-state index is 0.0352. The number of ketones is 1.